The molecule has 29 heavy (non-hydrogen) atoms. The van der Waals surface area contributed by atoms with Crippen molar-refractivity contribution in [3.63, 3.8) is 0 Å². The first kappa shape index (κ1) is 18.9. The minimum absolute atomic E-state index is 0.0330. The fourth-order valence-corrected chi connectivity index (χ4v) is 4.10. The highest BCUT2D eigenvalue weighted by Crippen LogP contribution is 2.46. The summed E-state index contributed by atoms with van der Waals surface area (Å²) in [6.07, 6.45) is 2.78. The number of likely N-dealkylation sites (N-methyl/N-ethyl adjacent to an activating group) is 1. The van der Waals surface area contributed by atoms with Gasteiger partial charge in [0.2, 0.25) is 11.8 Å². The number of para-hydroxylation sites is 1. The highest BCUT2D eigenvalue weighted by molar-refractivity contribution is 6.08. The summed E-state index contributed by atoms with van der Waals surface area (Å²) in [5.74, 6) is 0.513. The number of amides is 2. The van der Waals surface area contributed by atoms with Gasteiger partial charge in [0.25, 0.3) is 0 Å². The van der Waals surface area contributed by atoms with Crippen molar-refractivity contribution in [1.82, 2.24) is 10.5 Å². The minimum atomic E-state index is -0.754. The summed E-state index contributed by atoms with van der Waals surface area (Å²) in [5, 5.41) is 6.48. The van der Waals surface area contributed by atoms with Crippen LogP contribution in [-0.4, -0.2) is 24.0 Å². The predicted molar refractivity (Wildman–Crippen MR) is 109 cm³/mol. The summed E-state index contributed by atoms with van der Waals surface area (Å²) in [6.45, 7) is 0.287. The van der Waals surface area contributed by atoms with Gasteiger partial charge in [-0.15, -0.1) is 0 Å². The first-order chi connectivity index (χ1) is 14.1. The van der Waals surface area contributed by atoms with E-state index in [1.165, 1.54) is 0 Å². The number of nitrogens with zero attached hydrogens (tertiary/aromatic N) is 2. The maximum Gasteiger partial charge on any atom is 0.237 e. The van der Waals surface area contributed by atoms with E-state index in [0.29, 0.717) is 18.6 Å². The maximum atomic E-state index is 13.4. The molecule has 0 spiro atoms. The van der Waals surface area contributed by atoms with Crippen LogP contribution in [0.1, 0.15) is 29.7 Å². The van der Waals surface area contributed by atoms with Gasteiger partial charge < -0.3 is 14.7 Å². The molecular formula is C23H23N3O3. The van der Waals surface area contributed by atoms with E-state index in [2.05, 4.69) is 10.5 Å². The van der Waals surface area contributed by atoms with Gasteiger partial charge in [-0.05, 0) is 30.0 Å². The molecule has 3 aromatic rings. The van der Waals surface area contributed by atoms with Gasteiger partial charge in [-0.1, -0.05) is 53.7 Å². The molecule has 1 atom stereocenters. The lowest BCUT2D eigenvalue weighted by Crippen LogP contribution is -2.41. The molecule has 6 heteroatoms. The van der Waals surface area contributed by atoms with Crippen LogP contribution in [0.3, 0.4) is 0 Å². The van der Waals surface area contributed by atoms with Crippen molar-refractivity contribution in [2.24, 2.45) is 0 Å². The quantitative estimate of drug-likeness (QED) is 0.673. The van der Waals surface area contributed by atoms with Gasteiger partial charge in [0.1, 0.15) is 0 Å². The number of carbonyl (C=O) groups excluding carboxylic acids is 2. The molecule has 0 unspecified atom stereocenters. The average Bonchev–Trinajstić information content (AvgIpc) is 3.34. The fraction of sp³-hybridized carbons (Fsp3) is 0.261. The molecule has 0 radical (unpaired) electrons. The van der Waals surface area contributed by atoms with Crippen LogP contribution in [0.2, 0.25) is 0 Å². The highest BCUT2D eigenvalue weighted by Gasteiger charge is 2.49. The van der Waals surface area contributed by atoms with Crippen molar-refractivity contribution in [2.75, 3.05) is 11.9 Å². The molecule has 1 N–H and O–H groups in total. The summed E-state index contributed by atoms with van der Waals surface area (Å²) in [6, 6.07) is 19.5. The second kappa shape index (κ2) is 7.91. The number of rotatable bonds is 7. The number of benzene rings is 2. The third-order valence-corrected chi connectivity index (χ3v) is 5.57. The third-order valence-electron chi connectivity index (χ3n) is 5.57. The SMILES string of the molecule is CN1C(=O)[C@](CCC(=O)NCc2ccno2)(Cc2ccccc2)c2ccccc21. The molecular weight excluding hydrogens is 366 g/mol. The van der Waals surface area contributed by atoms with Crippen LogP contribution >= 0.6 is 0 Å². The number of nitrogens with one attached hydrogen (secondary N) is 1. The zero-order valence-corrected chi connectivity index (χ0v) is 16.3. The molecule has 6 nitrogen and oxygen atoms in total. The Hall–Kier alpha value is -3.41. The van der Waals surface area contributed by atoms with Crippen molar-refractivity contribution in [2.45, 2.75) is 31.2 Å². The molecule has 148 valence electrons. The average molecular weight is 389 g/mol. The van der Waals surface area contributed by atoms with Crippen LogP contribution < -0.4 is 10.2 Å². The van der Waals surface area contributed by atoms with E-state index in [0.717, 1.165) is 16.8 Å². The smallest absolute Gasteiger partial charge is 0.237 e. The Morgan fingerprint density at radius 2 is 1.86 bits per heavy atom. The van der Waals surface area contributed by atoms with Crippen molar-refractivity contribution < 1.29 is 14.1 Å². The van der Waals surface area contributed by atoms with E-state index < -0.39 is 5.41 Å². The zero-order valence-electron chi connectivity index (χ0n) is 16.3. The van der Waals surface area contributed by atoms with E-state index in [4.69, 9.17) is 4.52 Å². The second-order valence-corrected chi connectivity index (χ2v) is 7.38. The van der Waals surface area contributed by atoms with Crippen LogP contribution in [0.4, 0.5) is 5.69 Å². The fourth-order valence-electron chi connectivity index (χ4n) is 4.10. The number of aromatic nitrogens is 1. The standard InChI is InChI=1S/C23H23N3O3/c1-26-20-10-6-5-9-19(20)23(22(26)28,15-17-7-3-2-4-8-17)13-11-21(27)24-16-18-12-14-25-29-18/h2-10,12,14H,11,13,15-16H2,1H3,(H,24,27)/t23-/m1/s1. The molecule has 0 saturated carbocycles. The summed E-state index contributed by atoms with van der Waals surface area (Å²) in [7, 11) is 1.80. The van der Waals surface area contributed by atoms with Crippen molar-refractivity contribution in [3.05, 3.63) is 83.7 Å². The molecule has 0 aliphatic carbocycles. The summed E-state index contributed by atoms with van der Waals surface area (Å²) < 4.78 is 5.01. The van der Waals surface area contributed by atoms with Crippen LogP contribution in [0, 0.1) is 0 Å². The molecule has 0 fully saturated rings. The summed E-state index contributed by atoms with van der Waals surface area (Å²) >= 11 is 0. The molecule has 0 bridgehead atoms. The van der Waals surface area contributed by atoms with Crippen molar-refractivity contribution in [1.29, 1.82) is 0 Å². The van der Waals surface area contributed by atoms with Crippen LogP contribution in [0.15, 0.2) is 71.4 Å². The number of anilines is 1. The third kappa shape index (κ3) is 3.66. The number of carbonyl (C=O) groups is 2. The molecule has 1 aliphatic heterocycles. The van der Waals surface area contributed by atoms with E-state index in [9.17, 15) is 9.59 Å². The molecule has 2 heterocycles. The Morgan fingerprint density at radius 1 is 1.10 bits per heavy atom. The van der Waals surface area contributed by atoms with Crippen LogP contribution in [0.25, 0.3) is 0 Å². The van der Waals surface area contributed by atoms with E-state index in [-0.39, 0.29) is 24.8 Å². The molecule has 2 aromatic carbocycles. The van der Waals surface area contributed by atoms with E-state index in [1.54, 1.807) is 24.2 Å². The van der Waals surface area contributed by atoms with Gasteiger partial charge in [-0.2, -0.15) is 0 Å². The lowest BCUT2D eigenvalue weighted by molar-refractivity contribution is -0.124. The second-order valence-electron chi connectivity index (χ2n) is 7.38. The van der Waals surface area contributed by atoms with Crippen LogP contribution in [0.5, 0.6) is 0 Å². The molecule has 0 saturated heterocycles. The van der Waals surface area contributed by atoms with E-state index in [1.807, 2.05) is 54.6 Å². The summed E-state index contributed by atoms with van der Waals surface area (Å²) in [5.41, 5.74) is 2.22. The zero-order chi connectivity index (χ0) is 20.3. The van der Waals surface area contributed by atoms with Gasteiger partial charge >= 0.3 is 0 Å². The highest BCUT2D eigenvalue weighted by atomic mass is 16.5. The monoisotopic (exact) mass is 389 g/mol. The maximum absolute atomic E-state index is 13.4. The Labute approximate surface area is 169 Å². The molecule has 2 amide bonds. The topological polar surface area (TPSA) is 75.4 Å². The first-order valence-corrected chi connectivity index (χ1v) is 9.68. The molecule has 1 aliphatic rings. The largest absolute Gasteiger partial charge is 0.360 e. The first-order valence-electron chi connectivity index (χ1n) is 9.68. The Bertz CT molecular complexity index is 1000. The lowest BCUT2D eigenvalue weighted by Gasteiger charge is -2.28. The Morgan fingerprint density at radius 3 is 2.62 bits per heavy atom. The number of hydrogen-bond acceptors (Lipinski definition) is 4. The van der Waals surface area contributed by atoms with E-state index >= 15 is 0 Å². The van der Waals surface area contributed by atoms with Gasteiger partial charge in [-0.3, -0.25) is 9.59 Å². The minimum Gasteiger partial charge on any atom is -0.360 e. The van der Waals surface area contributed by atoms with Gasteiger partial charge in [0.15, 0.2) is 5.76 Å². The Balaban J connectivity index is 1.58. The number of fused-ring (bicyclic) bond motifs is 1. The summed E-state index contributed by atoms with van der Waals surface area (Å²) in [4.78, 5) is 27.6. The Kier molecular flexibility index (Phi) is 5.16. The van der Waals surface area contributed by atoms with Crippen LogP contribution in [-0.2, 0) is 28.0 Å². The van der Waals surface area contributed by atoms with Gasteiger partial charge in [-0.25, -0.2) is 0 Å². The van der Waals surface area contributed by atoms with Gasteiger partial charge in [0.05, 0.1) is 18.2 Å². The van der Waals surface area contributed by atoms with Crippen molar-refractivity contribution in [3.8, 4) is 0 Å². The molecule has 4 rings (SSSR count). The lowest BCUT2D eigenvalue weighted by atomic mass is 9.73. The molecule has 1 aromatic heterocycles. The normalized spacial score (nSPS) is 18.0. The predicted octanol–water partition coefficient (Wildman–Crippen LogP) is 3.23. The van der Waals surface area contributed by atoms with Crippen molar-refractivity contribution >= 4 is 17.5 Å². The number of hydrogen-bond donors (Lipinski definition) is 1. The van der Waals surface area contributed by atoms with Gasteiger partial charge in [0, 0.05) is 25.2 Å².